The van der Waals surface area contributed by atoms with Crippen LogP contribution in [0.2, 0.25) is 5.02 Å². The highest BCUT2D eigenvalue weighted by Gasteiger charge is 2.33. The average Bonchev–Trinajstić information content (AvgIpc) is 2.85. The van der Waals surface area contributed by atoms with E-state index in [0.717, 1.165) is 22.1 Å². The zero-order chi connectivity index (χ0) is 21.0. The van der Waals surface area contributed by atoms with Crippen LogP contribution in [-0.4, -0.2) is 16.1 Å². The van der Waals surface area contributed by atoms with Crippen LogP contribution in [0.25, 0.3) is 11.3 Å². The van der Waals surface area contributed by atoms with Crippen LogP contribution in [0.4, 0.5) is 0 Å². The molecule has 1 saturated heterocycles. The summed E-state index contributed by atoms with van der Waals surface area (Å²) < 4.78 is 7.02. The van der Waals surface area contributed by atoms with Crippen molar-refractivity contribution in [1.82, 2.24) is 0 Å². The fourth-order valence-corrected chi connectivity index (χ4v) is 7.02. The van der Waals surface area contributed by atoms with E-state index in [4.69, 9.17) is 16.3 Å². The van der Waals surface area contributed by atoms with E-state index in [0.29, 0.717) is 4.58 Å². The van der Waals surface area contributed by atoms with Crippen LogP contribution in [0.3, 0.4) is 0 Å². The van der Waals surface area contributed by atoms with Crippen molar-refractivity contribution in [1.29, 1.82) is 0 Å². The number of rotatable bonds is 4. The van der Waals surface area contributed by atoms with Crippen LogP contribution in [-0.2, 0) is 4.74 Å². The van der Waals surface area contributed by atoms with Crippen molar-refractivity contribution in [2.24, 2.45) is 0 Å². The molecular weight excluding hydrogens is 440 g/mol. The summed E-state index contributed by atoms with van der Waals surface area (Å²) in [5.74, 6) is 4.46. The molecule has 2 aliphatic heterocycles. The lowest BCUT2D eigenvalue weighted by atomic mass is 9.83. The molecule has 0 N–H and O–H groups in total. The maximum atomic E-state index is 6.73. The van der Waals surface area contributed by atoms with Crippen molar-refractivity contribution in [3.63, 3.8) is 0 Å². The Kier molecular flexibility index (Phi) is 6.45. The first-order valence-corrected chi connectivity index (χ1v) is 13.0. The van der Waals surface area contributed by atoms with Crippen LogP contribution < -0.4 is 0 Å². The third-order valence-electron chi connectivity index (χ3n) is 5.53. The summed E-state index contributed by atoms with van der Waals surface area (Å²) in [6, 6.07) is 29.4. The summed E-state index contributed by atoms with van der Waals surface area (Å²) in [4.78, 5) is 0. The van der Waals surface area contributed by atoms with Gasteiger partial charge < -0.3 is 4.74 Å². The molecule has 4 heteroatoms. The van der Waals surface area contributed by atoms with Crippen molar-refractivity contribution in [3.05, 3.63) is 118 Å². The zero-order valence-corrected chi connectivity index (χ0v) is 19.4. The minimum atomic E-state index is 0.126. The second-order valence-electron chi connectivity index (χ2n) is 7.60. The molecule has 3 aromatic rings. The highest BCUT2D eigenvalue weighted by molar-refractivity contribution is 8.17. The molecule has 0 bridgehead atoms. The van der Waals surface area contributed by atoms with Crippen LogP contribution in [0.15, 0.2) is 96.8 Å². The highest BCUT2D eigenvalue weighted by atomic mass is 35.5. The second-order valence-corrected chi connectivity index (χ2v) is 10.8. The third-order valence-corrected chi connectivity index (χ3v) is 8.68. The Morgan fingerprint density at radius 1 is 0.742 bits per heavy atom. The van der Waals surface area contributed by atoms with Crippen LogP contribution in [0, 0.1) is 0 Å². The molecule has 5 rings (SSSR count). The highest BCUT2D eigenvalue weighted by Crippen LogP contribution is 2.49. The minimum absolute atomic E-state index is 0.126. The van der Waals surface area contributed by atoms with Crippen molar-refractivity contribution >= 4 is 46.5 Å². The smallest absolute Gasteiger partial charge is 0.132 e. The number of thioether (sulfide) groups is 2. The van der Waals surface area contributed by atoms with Crippen LogP contribution in [0.5, 0.6) is 0 Å². The van der Waals surface area contributed by atoms with Crippen molar-refractivity contribution in [2.45, 2.75) is 16.9 Å². The number of hydrogen-bond acceptors (Lipinski definition) is 3. The van der Waals surface area contributed by atoms with Crippen molar-refractivity contribution in [2.75, 3.05) is 11.5 Å². The molecule has 1 atom stereocenters. The van der Waals surface area contributed by atoms with E-state index in [-0.39, 0.29) is 5.92 Å². The van der Waals surface area contributed by atoms with E-state index in [9.17, 15) is 0 Å². The Morgan fingerprint density at radius 3 is 2.06 bits per heavy atom. The Hall–Kier alpha value is -2.07. The van der Waals surface area contributed by atoms with E-state index in [2.05, 4.69) is 66.7 Å². The molecule has 2 heterocycles. The van der Waals surface area contributed by atoms with Gasteiger partial charge in [0.1, 0.15) is 16.1 Å². The van der Waals surface area contributed by atoms with Gasteiger partial charge in [-0.25, -0.2) is 0 Å². The normalized spacial score (nSPS) is 19.6. The number of ether oxygens (including phenoxy) is 1. The fraction of sp³-hybridized carbons (Fsp3) is 0.185. The lowest BCUT2D eigenvalue weighted by Gasteiger charge is -2.33. The monoisotopic (exact) mass is 462 g/mol. The van der Waals surface area contributed by atoms with E-state index >= 15 is 0 Å². The largest absolute Gasteiger partial charge is 0.459 e. The fourth-order valence-electron chi connectivity index (χ4n) is 4.04. The summed E-state index contributed by atoms with van der Waals surface area (Å²) in [6.45, 7) is 0. The molecule has 1 fully saturated rings. The molecule has 0 aromatic heterocycles. The quantitative estimate of drug-likeness (QED) is 0.387. The van der Waals surface area contributed by atoms with Gasteiger partial charge in [0, 0.05) is 22.1 Å². The Bertz CT molecular complexity index is 1090. The first-order valence-electron chi connectivity index (χ1n) is 10.5. The number of benzene rings is 3. The Labute approximate surface area is 197 Å². The molecule has 156 valence electrons. The third kappa shape index (κ3) is 4.59. The van der Waals surface area contributed by atoms with Crippen LogP contribution in [0.1, 0.15) is 29.0 Å². The van der Waals surface area contributed by atoms with E-state index in [1.54, 1.807) is 0 Å². The Balaban J connectivity index is 1.68. The van der Waals surface area contributed by atoms with Gasteiger partial charge in [-0.05, 0) is 59.4 Å². The van der Waals surface area contributed by atoms with Gasteiger partial charge in [0.15, 0.2) is 0 Å². The van der Waals surface area contributed by atoms with E-state index in [1.807, 2.05) is 47.8 Å². The van der Waals surface area contributed by atoms with Crippen molar-refractivity contribution < 1.29 is 4.74 Å². The van der Waals surface area contributed by atoms with Gasteiger partial charge in [-0.2, -0.15) is 0 Å². The van der Waals surface area contributed by atoms with Gasteiger partial charge in [0.05, 0.1) is 0 Å². The summed E-state index contributed by atoms with van der Waals surface area (Å²) in [5.41, 5.74) is 4.83. The first-order chi connectivity index (χ1) is 15.3. The molecule has 3 aromatic carbocycles. The molecule has 0 spiro atoms. The lowest BCUT2D eigenvalue weighted by molar-refractivity contribution is 0.375. The molecule has 31 heavy (non-hydrogen) atoms. The van der Waals surface area contributed by atoms with E-state index in [1.165, 1.54) is 34.6 Å². The molecule has 0 radical (unpaired) electrons. The molecule has 2 aliphatic rings. The summed E-state index contributed by atoms with van der Waals surface area (Å²) >= 11 is 10.1. The molecular formula is C27H23ClOS2. The standard InChI is InChI=1S/C27H23ClOS2/c28-22-14-12-20(13-15-22)24-18-23(19-8-3-1-4-9-19)25(21-10-5-2-6-11-21)26(29-24)27-30-16-7-17-31-27/h1-6,8-15,18,23,27H,7,16-17H2. The molecule has 0 aliphatic carbocycles. The second kappa shape index (κ2) is 9.60. The van der Waals surface area contributed by atoms with Gasteiger partial charge in [-0.3, -0.25) is 0 Å². The SMILES string of the molecule is Clc1ccc(C2=CC(c3ccccc3)C(c3ccccc3)=C(C3SCCCS3)O2)cc1. The predicted molar refractivity (Wildman–Crippen MR) is 136 cm³/mol. The van der Waals surface area contributed by atoms with Gasteiger partial charge in [0.2, 0.25) is 0 Å². The van der Waals surface area contributed by atoms with E-state index < -0.39 is 0 Å². The summed E-state index contributed by atoms with van der Waals surface area (Å²) in [7, 11) is 0. The molecule has 1 unspecified atom stereocenters. The number of hydrogen-bond donors (Lipinski definition) is 0. The number of allylic oxidation sites excluding steroid dienone is 2. The first kappa shape index (κ1) is 20.8. The minimum Gasteiger partial charge on any atom is -0.459 e. The molecule has 1 nitrogen and oxygen atoms in total. The zero-order valence-electron chi connectivity index (χ0n) is 17.0. The predicted octanol–water partition coefficient (Wildman–Crippen LogP) is 8.10. The van der Waals surface area contributed by atoms with Crippen molar-refractivity contribution in [3.8, 4) is 0 Å². The summed E-state index contributed by atoms with van der Waals surface area (Å²) in [5, 5.41) is 0.735. The maximum absolute atomic E-state index is 6.73. The lowest BCUT2D eigenvalue weighted by Crippen LogP contribution is -2.19. The van der Waals surface area contributed by atoms with Gasteiger partial charge in [-0.1, -0.05) is 72.3 Å². The van der Waals surface area contributed by atoms with Gasteiger partial charge >= 0.3 is 0 Å². The van der Waals surface area contributed by atoms with Crippen LogP contribution >= 0.6 is 35.1 Å². The topological polar surface area (TPSA) is 9.23 Å². The Morgan fingerprint density at radius 2 is 1.39 bits per heavy atom. The average molecular weight is 463 g/mol. The number of halogens is 1. The van der Waals surface area contributed by atoms with Gasteiger partial charge in [0.25, 0.3) is 0 Å². The maximum Gasteiger partial charge on any atom is 0.132 e. The molecule has 0 amide bonds. The molecule has 0 saturated carbocycles. The summed E-state index contributed by atoms with van der Waals surface area (Å²) in [6.07, 6.45) is 3.52. The van der Waals surface area contributed by atoms with Gasteiger partial charge in [-0.15, -0.1) is 23.5 Å².